The summed E-state index contributed by atoms with van der Waals surface area (Å²) in [6.45, 7) is 9.90. The van der Waals surface area contributed by atoms with E-state index in [2.05, 4.69) is 26.5 Å². The first-order valence-electron chi connectivity index (χ1n) is 5.38. The summed E-state index contributed by atoms with van der Waals surface area (Å²) in [5.41, 5.74) is 2.27. The minimum absolute atomic E-state index is 0.236. The fourth-order valence-corrected chi connectivity index (χ4v) is 2.13. The van der Waals surface area contributed by atoms with Crippen molar-refractivity contribution >= 4 is 5.78 Å². The van der Waals surface area contributed by atoms with Gasteiger partial charge in [0, 0.05) is 0 Å². The van der Waals surface area contributed by atoms with Crippen molar-refractivity contribution in [1.82, 2.24) is 0 Å². The van der Waals surface area contributed by atoms with Crippen LogP contribution < -0.4 is 0 Å². The van der Waals surface area contributed by atoms with Gasteiger partial charge in [0.25, 0.3) is 0 Å². The summed E-state index contributed by atoms with van der Waals surface area (Å²) in [7, 11) is 0. The van der Waals surface area contributed by atoms with Crippen LogP contribution in [0.5, 0.6) is 0 Å². The molecule has 0 aromatic heterocycles. The van der Waals surface area contributed by atoms with Crippen LogP contribution in [0, 0.1) is 11.8 Å². The lowest BCUT2D eigenvalue weighted by Crippen LogP contribution is -2.06. The Labute approximate surface area is 86.9 Å². The monoisotopic (exact) mass is 192 g/mol. The number of carbonyl (C=O) groups excluding carboxylic acids is 1. The molecule has 0 N–H and O–H groups in total. The molecule has 0 bridgehead atoms. The Balaban J connectivity index is 2.78. The number of hydrogen-bond donors (Lipinski definition) is 0. The number of rotatable bonds is 2. The van der Waals surface area contributed by atoms with Crippen molar-refractivity contribution in [2.24, 2.45) is 11.8 Å². The predicted octanol–water partition coefficient (Wildman–Crippen LogP) is 3.51. The molecule has 0 aromatic carbocycles. The third kappa shape index (κ3) is 2.57. The lowest BCUT2D eigenvalue weighted by molar-refractivity contribution is -0.114. The van der Waals surface area contributed by atoms with Crippen LogP contribution >= 0.6 is 0 Å². The van der Waals surface area contributed by atoms with Crippen molar-refractivity contribution in [2.75, 3.05) is 0 Å². The average molecular weight is 192 g/mol. The first kappa shape index (κ1) is 11.2. The zero-order valence-corrected chi connectivity index (χ0v) is 9.47. The van der Waals surface area contributed by atoms with E-state index in [1.807, 2.05) is 0 Å². The van der Waals surface area contributed by atoms with Crippen LogP contribution in [0.2, 0.25) is 0 Å². The van der Waals surface area contributed by atoms with E-state index in [4.69, 9.17) is 0 Å². The summed E-state index contributed by atoms with van der Waals surface area (Å²) in [4.78, 5) is 11.3. The smallest absolute Gasteiger partial charge is 0.155 e. The summed E-state index contributed by atoms with van der Waals surface area (Å²) in [6, 6.07) is 0. The number of carbonyl (C=O) groups is 1. The largest absolute Gasteiger partial charge is 0.295 e. The quantitative estimate of drug-likeness (QED) is 0.612. The van der Waals surface area contributed by atoms with Crippen molar-refractivity contribution in [3.63, 3.8) is 0 Å². The van der Waals surface area contributed by atoms with Gasteiger partial charge in [-0.05, 0) is 50.5 Å². The van der Waals surface area contributed by atoms with Gasteiger partial charge in [0.2, 0.25) is 0 Å². The summed E-state index contributed by atoms with van der Waals surface area (Å²) in [5, 5.41) is 0. The molecule has 1 heteroatoms. The highest BCUT2D eigenvalue weighted by Gasteiger charge is 2.20. The van der Waals surface area contributed by atoms with Gasteiger partial charge in [0.15, 0.2) is 5.78 Å². The first-order valence-corrected chi connectivity index (χ1v) is 5.38. The second kappa shape index (κ2) is 4.59. The van der Waals surface area contributed by atoms with Gasteiger partial charge < -0.3 is 0 Å². The van der Waals surface area contributed by atoms with Gasteiger partial charge in [0.05, 0.1) is 0 Å². The molecule has 0 aliphatic heterocycles. The Morgan fingerprint density at radius 1 is 1.43 bits per heavy atom. The van der Waals surface area contributed by atoms with Crippen LogP contribution in [-0.2, 0) is 4.79 Å². The molecule has 1 rings (SSSR count). The van der Waals surface area contributed by atoms with Gasteiger partial charge in [0.1, 0.15) is 0 Å². The fourth-order valence-electron chi connectivity index (χ4n) is 2.13. The highest BCUT2D eigenvalue weighted by atomic mass is 16.1. The van der Waals surface area contributed by atoms with E-state index in [-0.39, 0.29) is 5.78 Å². The standard InChI is InChI=1S/C13H20O/c1-9(2)12-6-5-10(3)13(8-7-12)11(4)14/h8,10,12H,1,5-7H2,2-4H3. The highest BCUT2D eigenvalue weighted by molar-refractivity contribution is 5.93. The molecule has 14 heavy (non-hydrogen) atoms. The van der Waals surface area contributed by atoms with Crippen LogP contribution in [-0.4, -0.2) is 5.78 Å². The second-order valence-corrected chi connectivity index (χ2v) is 4.47. The SMILES string of the molecule is C=C(C)C1CC=C(C(C)=O)C(C)CC1. The summed E-state index contributed by atoms with van der Waals surface area (Å²) in [6.07, 6.45) is 5.40. The molecule has 0 fully saturated rings. The Morgan fingerprint density at radius 2 is 2.07 bits per heavy atom. The van der Waals surface area contributed by atoms with Gasteiger partial charge in [-0.1, -0.05) is 25.2 Å². The maximum Gasteiger partial charge on any atom is 0.155 e. The molecule has 1 aliphatic rings. The Hall–Kier alpha value is -0.850. The van der Waals surface area contributed by atoms with E-state index >= 15 is 0 Å². The van der Waals surface area contributed by atoms with Gasteiger partial charge in [-0.3, -0.25) is 4.79 Å². The van der Waals surface area contributed by atoms with Crippen LogP contribution in [0.4, 0.5) is 0 Å². The van der Waals surface area contributed by atoms with Crippen LogP contribution in [0.15, 0.2) is 23.8 Å². The zero-order valence-electron chi connectivity index (χ0n) is 9.47. The van der Waals surface area contributed by atoms with Crippen molar-refractivity contribution in [1.29, 1.82) is 0 Å². The number of allylic oxidation sites excluding steroid dienone is 3. The lowest BCUT2D eigenvalue weighted by atomic mass is 9.92. The maximum absolute atomic E-state index is 11.3. The number of hydrogen-bond acceptors (Lipinski definition) is 1. The van der Waals surface area contributed by atoms with Gasteiger partial charge in [-0.15, -0.1) is 0 Å². The number of ketones is 1. The van der Waals surface area contributed by atoms with E-state index in [1.165, 1.54) is 12.0 Å². The molecule has 1 nitrogen and oxygen atoms in total. The molecule has 78 valence electrons. The summed E-state index contributed by atoms with van der Waals surface area (Å²) >= 11 is 0. The molecule has 0 radical (unpaired) electrons. The van der Waals surface area contributed by atoms with E-state index in [0.29, 0.717) is 11.8 Å². The Kier molecular flexibility index (Phi) is 3.68. The van der Waals surface area contributed by atoms with Gasteiger partial charge in [-0.25, -0.2) is 0 Å². The topological polar surface area (TPSA) is 17.1 Å². The molecule has 0 spiro atoms. The van der Waals surface area contributed by atoms with Crippen molar-refractivity contribution in [2.45, 2.75) is 40.0 Å². The zero-order chi connectivity index (χ0) is 10.7. The van der Waals surface area contributed by atoms with Crippen LogP contribution in [0.1, 0.15) is 40.0 Å². The molecular weight excluding hydrogens is 172 g/mol. The van der Waals surface area contributed by atoms with E-state index in [1.54, 1.807) is 6.92 Å². The molecule has 2 atom stereocenters. The minimum atomic E-state index is 0.236. The van der Waals surface area contributed by atoms with E-state index in [0.717, 1.165) is 18.4 Å². The molecular formula is C13H20O. The molecule has 0 aromatic rings. The normalized spacial score (nSPS) is 27.8. The third-order valence-corrected chi connectivity index (χ3v) is 3.20. The van der Waals surface area contributed by atoms with Crippen LogP contribution in [0.3, 0.4) is 0 Å². The van der Waals surface area contributed by atoms with E-state index in [9.17, 15) is 4.79 Å². The fraction of sp³-hybridized carbons (Fsp3) is 0.615. The predicted molar refractivity (Wildman–Crippen MR) is 60.1 cm³/mol. The minimum Gasteiger partial charge on any atom is -0.295 e. The second-order valence-electron chi connectivity index (χ2n) is 4.47. The number of Topliss-reactive ketones (excluding diaryl/α,β-unsaturated/α-hetero) is 1. The average Bonchev–Trinajstić information content (AvgIpc) is 2.26. The molecule has 0 saturated carbocycles. The van der Waals surface area contributed by atoms with E-state index < -0.39 is 0 Å². The van der Waals surface area contributed by atoms with Crippen LogP contribution in [0.25, 0.3) is 0 Å². The Morgan fingerprint density at radius 3 is 2.57 bits per heavy atom. The molecule has 0 heterocycles. The van der Waals surface area contributed by atoms with Crippen molar-refractivity contribution < 1.29 is 4.79 Å². The molecule has 0 saturated heterocycles. The molecule has 2 unspecified atom stereocenters. The first-order chi connectivity index (χ1) is 6.52. The maximum atomic E-state index is 11.3. The van der Waals surface area contributed by atoms with Gasteiger partial charge >= 0.3 is 0 Å². The highest BCUT2D eigenvalue weighted by Crippen LogP contribution is 2.30. The lowest BCUT2D eigenvalue weighted by Gasteiger charge is -2.13. The molecule has 0 amide bonds. The van der Waals surface area contributed by atoms with Crippen molar-refractivity contribution in [3.8, 4) is 0 Å². The summed E-state index contributed by atoms with van der Waals surface area (Å²) in [5.74, 6) is 1.24. The third-order valence-electron chi connectivity index (χ3n) is 3.20. The molecule has 1 aliphatic carbocycles. The Bertz CT molecular complexity index is 273. The summed E-state index contributed by atoms with van der Waals surface area (Å²) < 4.78 is 0. The van der Waals surface area contributed by atoms with Crippen molar-refractivity contribution in [3.05, 3.63) is 23.8 Å². The van der Waals surface area contributed by atoms with Gasteiger partial charge in [-0.2, -0.15) is 0 Å².